The predicted octanol–water partition coefficient (Wildman–Crippen LogP) is 1.15. The Morgan fingerprint density at radius 3 is 2.50 bits per heavy atom. The van der Waals surface area contributed by atoms with E-state index in [9.17, 15) is 9.59 Å². The van der Waals surface area contributed by atoms with Crippen LogP contribution in [0.15, 0.2) is 35.5 Å². The molecule has 0 aliphatic carbocycles. The Hall–Kier alpha value is -2.35. The lowest BCUT2D eigenvalue weighted by molar-refractivity contribution is -0.128. The summed E-state index contributed by atoms with van der Waals surface area (Å²) in [5, 5.41) is 8.47. The number of carbonyl (C=O) groups excluding carboxylic acids is 2. The fourth-order valence-electron chi connectivity index (χ4n) is 2.13. The van der Waals surface area contributed by atoms with Gasteiger partial charge in [-0.25, -0.2) is 0 Å². The lowest BCUT2D eigenvalue weighted by atomic mass is 10.1. The molecule has 2 rings (SSSR count). The Kier molecular flexibility index (Phi) is 5.97. The average molecular weight is 347 g/mol. The number of primary amides is 1. The number of amides is 2. The first-order valence-electron chi connectivity index (χ1n) is 7.49. The maximum absolute atomic E-state index is 12.6. The minimum atomic E-state index is -0.409. The molecule has 1 atom stereocenters. The van der Waals surface area contributed by atoms with Gasteiger partial charge in [-0.15, -0.1) is 10.2 Å². The second-order valence-corrected chi connectivity index (χ2v) is 6.64. The number of rotatable bonds is 7. The van der Waals surface area contributed by atoms with Crippen LogP contribution in [-0.4, -0.2) is 45.6 Å². The molecule has 0 aliphatic heterocycles. The molecule has 0 radical (unpaired) electrons. The molecule has 0 unspecified atom stereocenters. The Balaban J connectivity index is 2.24. The highest BCUT2D eigenvalue weighted by atomic mass is 32.2. The largest absolute Gasteiger partial charge is 0.370 e. The molecule has 0 saturated carbocycles. The molecule has 0 fully saturated rings. The lowest BCUT2D eigenvalue weighted by Crippen LogP contribution is -2.27. The van der Waals surface area contributed by atoms with Gasteiger partial charge in [-0.1, -0.05) is 42.1 Å². The van der Waals surface area contributed by atoms with Crippen molar-refractivity contribution >= 4 is 23.6 Å². The highest BCUT2D eigenvalue weighted by molar-refractivity contribution is 8.00. The summed E-state index contributed by atoms with van der Waals surface area (Å²) >= 11 is 1.34. The van der Waals surface area contributed by atoms with E-state index in [4.69, 9.17) is 5.73 Å². The number of benzene rings is 1. The molecule has 0 spiro atoms. The van der Waals surface area contributed by atoms with Gasteiger partial charge < -0.3 is 15.2 Å². The van der Waals surface area contributed by atoms with Crippen LogP contribution in [0.3, 0.4) is 0 Å². The predicted molar refractivity (Wildman–Crippen MR) is 92.3 cm³/mol. The van der Waals surface area contributed by atoms with Gasteiger partial charge in [-0.3, -0.25) is 9.59 Å². The first kappa shape index (κ1) is 18.0. The van der Waals surface area contributed by atoms with Gasteiger partial charge in [-0.2, -0.15) is 0 Å². The molecule has 128 valence electrons. The minimum Gasteiger partial charge on any atom is -0.370 e. The minimum absolute atomic E-state index is 0.0205. The van der Waals surface area contributed by atoms with Crippen molar-refractivity contribution in [2.75, 3.05) is 14.1 Å². The number of likely N-dealkylation sites (N-methyl/N-ethyl adjacent to an activating group) is 1. The zero-order valence-electron chi connectivity index (χ0n) is 14.0. The van der Waals surface area contributed by atoms with E-state index >= 15 is 0 Å². The zero-order chi connectivity index (χ0) is 17.7. The summed E-state index contributed by atoms with van der Waals surface area (Å²) in [4.78, 5) is 25.1. The standard InChI is InChI=1S/C16H21N5O2S/c1-20(2)15(23)14(11-7-5-4-6-8-11)24-16-19-18-13(21(16)3)10-9-12(17)22/h4-8,14H,9-10H2,1-3H3,(H2,17,22)/t14-/m1/s1. The van der Waals surface area contributed by atoms with Gasteiger partial charge in [-0.05, 0) is 5.56 Å². The van der Waals surface area contributed by atoms with E-state index in [1.54, 1.807) is 23.6 Å². The molecule has 8 heteroatoms. The van der Waals surface area contributed by atoms with Crippen LogP contribution in [0.4, 0.5) is 0 Å². The number of hydrogen-bond acceptors (Lipinski definition) is 5. The molecule has 1 aromatic heterocycles. The normalized spacial score (nSPS) is 12.0. The topological polar surface area (TPSA) is 94.1 Å². The highest BCUT2D eigenvalue weighted by Gasteiger charge is 2.26. The summed E-state index contributed by atoms with van der Waals surface area (Å²) in [6, 6.07) is 9.56. The average Bonchev–Trinajstić information content (AvgIpc) is 2.90. The van der Waals surface area contributed by atoms with Crippen molar-refractivity contribution in [1.29, 1.82) is 0 Å². The molecule has 2 N–H and O–H groups in total. The summed E-state index contributed by atoms with van der Waals surface area (Å²) < 4.78 is 1.80. The molecule has 2 aromatic rings. The number of aromatic nitrogens is 3. The van der Waals surface area contributed by atoms with E-state index in [2.05, 4.69) is 10.2 Å². The SMILES string of the molecule is CN(C)C(=O)[C@H](Sc1nnc(CCC(N)=O)n1C)c1ccccc1. The van der Waals surface area contributed by atoms with Gasteiger partial charge in [0, 0.05) is 34.0 Å². The molecular weight excluding hydrogens is 326 g/mol. The zero-order valence-corrected chi connectivity index (χ0v) is 14.8. The number of aryl methyl sites for hydroxylation is 1. The Morgan fingerprint density at radius 2 is 1.92 bits per heavy atom. The lowest BCUT2D eigenvalue weighted by Gasteiger charge is -2.20. The first-order valence-corrected chi connectivity index (χ1v) is 8.37. The Bertz CT molecular complexity index is 715. The van der Waals surface area contributed by atoms with E-state index in [1.807, 2.05) is 37.4 Å². The van der Waals surface area contributed by atoms with E-state index in [0.717, 1.165) is 5.56 Å². The fourth-order valence-corrected chi connectivity index (χ4v) is 3.30. The summed E-state index contributed by atoms with van der Waals surface area (Å²) in [5.41, 5.74) is 6.08. The monoisotopic (exact) mass is 347 g/mol. The van der Waals surface area contributed by atoms with Crippen molar-refractivity contribution in [3.63, 3.8) is 0 Å². The van der Waals surface area contributed by atoms with Crippen molar-refractivity contribution in [3.05, 3.63) is 41.7 Å². The number of nitrogens with zero attached hydrogens (tertiary/aromatic N) is 4. The number of hydrogen-bond donors (Lipinski definition) is 1. The summed E-state index contributed by atoms with van der Waals surface area (Å²) in [6.07, 6.45) is 0.645. The summed E-state index contributed by atoms with van der Waals surface area (Å²) in [5.74, 6) is 0.269. The number of thioether (sulfide) groups is 1. The van der Waals surface area contributed by atoms with Crippen LogP contribution in [0, 0.1) is 0 Å². The van der Waals surface area contributed by atoms with Crippen LogP contribution in [0.2, 0.25) is 0 Å². The third-order valence-electron chi connectivity index (χ3n) is 3.51. The molecular formula is C16H21N5O2S. The van der Waals surface area contributed by atoms with Gasteiger partial charge in [0.1, 0.15) is 11.1 Å². The van der Waals surface area contributed by atoms with Crippen LogP contribution in [0.25, 0.3) is 0 Å². The van der Waals surface area contributed by atoms with Crippen molar-refractivity contribution in [2.24, 2.45) is 12.8 Å². The Labute approximate surface area is 145 Å². The van der Waals surface area contributed by atoms with Crippen LogP contribution < -0.4 is 5.73 Å². The van der Waals surface area contributed by atoms with Crippen molar-refractivity contribution in [2.45, 2.75) is 23.2 Å². The summed E-state index contributed by atoms with van der Waals surface area (Å²) in [7, 11) is 5.28. The summed E-state index contributed by atoms with van der Waals surface area (Å²) in [6.45, 7) is 0. The third kappa shape index (κ3) is 4.35. The number of carbonyl (C=O) groups is 2. The van der Waals surface area contributed by atoms with Gasteiger partial charge in [0.2, 0.25) is 11.8 Å². The molecule has 7 nitrogen and oxygen atoms in total. The first-order chi connectivity index (χ1) is 11.4. The van der Waals surface area contributed by atoms with Gasteiger partial charge >= 0.3 is 0 Å². The Morgan fingerprint density at radius 1 is 1.25 bits per heavy atom. The van der Waals surface area contributed by atoms with Gasteiger partial charge in [0.15, 0.2) is 5.16 Å². The quantitative estimate of drug-likeness (QED) is 0.758. The van der Waals surface area contributed by atoms with Crippen molar-refractivity contribution < 1.29 is 9.59 Å². The highest BCUT2D eigenvalue weighted by Crippen LogP contribution is 2.35. The molecule has 2 amide bonds. The molecule has 24 heavy (non-hydrogen) atoms. The maximum atomic E-state index is 12.6. The molecule has 1 aromatic carbocycles. The van der Waals surface area contributed by atoms with Gasteiger partial charge in [0.25, 0.3) is 0 Å². The molecule has 0 bridgehead atoms. The van der Waals surface area contributed by atoms with E-state index in [0.29, 0.717) is 17.4 Å². The second kappa shape index (κ2) is 7.96. The van der Waals surface area contributed by atoms with E-state index in [-0.39, 0.29) is 18.2 Å². The van der Waals surface area contributed by atoms with Crippen LogP contribution in [0.5, 0.6) is 0 Å². The third-order valence-corrected chi connectivity index (χ3v) is 4.79. The smallest absolute Gasteiger partial charge is 0.240 e. The fraction of sp³-hybridized carbons (Fsp3) is 0.375. The number of nitrogens with two attached hydrogens (primary N) is 1. The van der Waals surface area contributed by atoms with Crippen LogP contribution in [0.1, 0.15) is 23.1 Å². The van der Waals surface area contributed by atoms with Crippen LogP contribution in [-0.2, 0) is 23.1 Å². The van der Waals surface area contributed by atoms with E-state index < -0.39 is 5.25 Å². The molecule has 0 aliphatic rings. The van der Waals surface area contributed by atoms with E-state index in [1.165, 1.54) is 11.8 Å². The maximum Gasteiger partial charge on any atom is 0.240 e. The molecule has 0 saturated heterocycles. The van der Waals surface area contributed by atoms with Crippen molar-refractivity contribution in [3.8, 4) is 0 Å². The second-order valence-electron chi connectivity index (χ2n) is 5.57. The van der Waals surface area contributed by atoms with Crippen molar-refractivity contribution in [1.82, 2.24) is 19.7 Å². The van der Waals surface area contributed by atoms with Gasteiger partial charge in [0.05, 0.1) is 0 Å². The molecule has 1 heterocycles. The van der Waals surface area contributed by atoms with Crippen LogP contribution >= 0.6 is 11.8 Å².